The van der Waals surface area contributed by atoms with Crippen molar-refractivity contribution in [2.45, 2.75) is 53.0 Å². The maximum atomic E-state index is 10.7. The Labute approximate surface area is 85.3 Å². The van der Waals surface area contributed by atoms with Crippen LogP contribution in [0.4, 0.5) is 0 Å². The van der Waals surface area contributed by atoms with Crippen LogP contribution in [0.5, 0.6) is 0 Å². The first-order chi connectivity index (χ1) is 6.33. The van der Waals surface area contributed by atoms with Crippen LogP contribution in [0.2, 0.25) is 0 Å². The third-order valence-electron chi connectivity index (χ3n) is 3.21. The second kappa shape index (κ2) is 3.71. The molecule has 1 aliphatic rings. The second-order valence-electron chi connectivity index (χ2n) is 5.11. The van der Waals surface area contributed by atoms with E-state index in [0.717, 1.165) is 24.8 Å². The predicted molar refractivity (Wildman–Crippen MR) is 56.8 cm³/mol. The lowest BCUT2D eigenvalue weighted by Crippen LogP contribution is -2.27. The molecular weight excluding hydrogens is 178 g/mol. The van der Waals surface area contributed by atoms with E-state index in [-0.39, 0.29) is 10.3 Å². The molecule has 3 nitrogen and oxygen atoms in total. The zero-order valence-corrected chi connectivity index (χ0v) is 9.46. The molecule has 0 aliphatic heterocycles. The lowest BCUT2D eigenvalue weighted by molar-refractivity contribution is -0.508. The quantitative estimate of drug-likeness (QED) is 0.387. The molecule has 0 aromatic carbocycles. The molecule has 0 saturated carbocycles. The minimum absolute atomic E-state index is 0.180. The van der Waals surface area contributed by atoms with Crippen LogP contribution in [0.15, 0.2) is 11.1 Å². The van der Waals surface area contributed by atoms with Crippen LogP contribution in [-0.4, -0.2) is 11.0 Å². The zero-order chi connectivity index (χ0) is 10.9. The van der Waals surface area contributed by atoms with Gasteiger partial charge >= 0.3 is 0 Å². The van der Waals surface area contributed by atoms with E-state index in [1.165, 1.54) is 5.57 Å². The lowest BCUT2D eigenvalue weighted by atomic mass is 9.73. The Morgan fingerprint density at radius 1 is 1.50 bits per heavy atom. The van der Waals surface area contributed by atoms with Crippen LogP contribution >= 0.6 is 0 Å². The summed E-state index contributed by atoms with van der Waals surface area (Å²) < 4.78 is 0. The maximum Gasteiger partial charge on any atom is 0.231 e. The molecule has 80 valence electrons. The highest BCUT2D eigenvalue weighted by molar-refractivity contribution is 5.20. The Balaban J connectivity index is 2.90. The SMILES string of the molecule is CC1=C(C(C)[N+](=O)[O-])CC(C)(C)CC1. The molecule has 0 radical (unpaired) electrons. The van der Waals surface area contributed by atoms with Crippen molar-refractivity contribution >= 4 is 0 Å². The number of rotatable bonds is 2. The topological polar surface area (TPSA) is 43.1 Å². The third kappa shape index (κ3) is 2.34. The average molecular weight is 197 g/mol. The van der Waals surface area contributed by atoms with Crippen molar-refractivity contribution < 1.29 is 4.92 Å². The zero-order valence-electron chi connectivity index (χ0n) is 9.46. The van der Waals surface area contributed by atoms with Gasteiger partial charge in [0.05, 0.1) is 0 Å². The van der Waals surface area contributed by atoms with Gasteiger partial charge in [-0.05, 0) is 31.6 Å². The van der Waals surface area contributed by atoms with Crippen LogP contribution in [0, 0.1) is 15.5 Å². The van der Waals surface area contributed by atoms with E-state index in [2.05, 4.69) is 13.8 Å². The molecule has 0 N–H and O–H groups in total. The molecule has 0 bridgehead atoms. The molecule has 0 fully saturated rings. The van der Waals surface area contributed by atoms with Gasteiger partial charge in [-0.2, -0.15) is 0 Å². The number of nitro groups is 1. The van der Waals surface area contributed by atoms with Gasteiger partial charge in [-0.25, -0.2) is 0 Å². The molecule has 3 heteroatoms. The fraction of sp³-hybridized carbons (Fsp3) is 0.818. The minimum atomic E-state index is -0.505. The van der Waals surface area contributed by atoms with Crippen LogP contribution < -0.4 is 0 Å². The smallest absolute Gasteiger partial charge is 0.231 e. The summed E-state index contributed by atoms with van der Waals surface area (Å²) in [5.74, 6) is 0. The van der Waals surface area contributed by atoms with Crippen molar-refractivity contribution in [1.82, 2.24) is 0 Å². The van der Waals surface area contributed by atoms with E-state index in [0.29, 0.717) is 0 Å². The Hall–Kier alpha value is -0.860. The first-order valence-corrected chi connectivity index (χ1v) is 5.15. The molecule has 0 spiro atoms. The standard InChI is InChI=1S/C11H19NO2/c1-8-5-6-11(3,4)7-10(8)9(2)12(13)14/h9H,5-7H2,1-4H3. The maximum absolute atomic E-state index is 10.7. The summed E-state index contributed by atoms with van der Waals surface area (Å²) in [4.78, 5) is 10.5. The van der Waals surface area contributed by atoms with Crippen molar-refractivity contribution in [3.63, 3.8) is 0 Å². The van der Waals surface area contributed by atoms with Crippen LogP contribution in [-0.2, 0) is 0 Å². The monoisotopic (exact) mass is 197 g/mol. The summed E-state index contributed by atoms with van der Waals surface area (Å²) in [5.41, 5.74) is 2.51. The molecule has 0 aromatic rings. The largest absolute Gasteiger partial charge is 0.264 e. The Morgan fingerprint density at radius 2 is 2.07 bits per heavy atom. The number of hydrogen-bond acceptors (Lipinski definition) is 2. The predicted octanol–water partition coefficient (Wildman–Crippen LogP) is 3.18. The summed E-state index contributed by atoms with van der Waals surface area (Å²) in [6.45, 7) is 8.10. The molecule has 0 saturated heterocycles. The normalized spacial score (nSPS) is 23.4. The fourth-order valence-corrected chi connectivity index (χ4v) is 2.07. The van der Waals surface area contributed by atoms with Crippen LogP contribution in [0.25, 0.3) is 0 Å². The van der Waals surface area contributed by atoms with Gasteiger partial charge in [0.15, 0.2) is 0 Å². The van der Waals surface area contributed by atoms with E-state index in [1.54, 1.807) is 6.92 Å². The Morgan fingerprint density at radius 3 is 2.57 bits per heavy atom. The molecule has 0 heterocycles. The van der Waals surface area contributed by atoms with Crippen LogP contribution in [0.1, 0.15) is 47.0 Å². The molecule has 0 aromatic heterocycles. The molecule has 1 unspecified atom stereocenters. The summed E-state index contributed by atoms with van der Waals surface area (Å²) in [5, 5.41) is 10.7. The Bertz CT molecular complexity index is 279. The van der Waals surface area contributed by atoms with Gasteiger partial charge in [0.25, 0.3) is 0 Å². The fourth-order valence-electron chi connectivity index (χ4n) is 2.07. The van der Waals surface area contributed by atoms with E-state index in [9.17, 15) is 10.1 Å². The molecule has 0 amide bonds. The van der Waals surface area contributed by atoms with Crippen LogP contribution in [0.3, 0.4) is 0 Å². The highest BCUT2D eigenvalue weighted by Gasteiger charge is 2.32. The van der Waals surface area contributed by atoms with Gasteiger partial charge < -0.3 is 0 Å². The summed E-state index contributed by atoms with van der Waals surface area (Å²) in [6, 6.07) is -0.505. The molecule has 1 aliphatic carbocycles. The summed E-state index contributed by atoms with van der Waals surface area (Å²) in [7, 11) is 0. The minimum Gasteiger partial charge on any atom is -0.264 e. The van der Waals surface area contributed by atoms with Gasteiger partial charge in [-0.3, -0.25) is 10.1 Å². The number of hydrogen-bond donors (Lipinski definition) is 0. The van der Waals surface area contributed by atoms with Crippen molar-refractivity contribution in [3.05, 3.63) is 21.3 Å². The van der Waals surface area contributed by atoms with Crippen molar-refractivity contribution in [2.75, 3.05) is 0 Å². The van der Waals surface area contributed by atoms with Gasteiger partial charge in [0.2, 0.25) is 6.04 Å². The second-order valence-corrected chi connectivity index (χ2v) is 5.11. The number of allylic oxidation sites excluding steroid dienone is 1. The molecule has 1 rings (SSSR count). The molecular formula is C11H19NO2. The van der Waals surface area contributed by atoms with Gasteiger partial charge in [-0.15, -0.1) is 0 Å². The summed E-state index contributed by atoms with van der Waals surface area (Å²) >= 11 is 0. The highest BCUT2D eigenvalue weighted by Crippen LogP contribution is 2.39. The summed E-state index contributed by atoms with van der Waals surface area (Å²) in [6.07, 6.45) is 3.04. The van der Waals surface area contributed by atoms with E-state index >= 15 is 0 Å². The van der Waals surface area contributed by atoms with Crippen molar-refractivity contribution in [1.29, 1.82) is 0 Å². The van der Waals surface area contributed by atoms with Gasteiger partial charge in [0.1, 0.15) is 0 Å². The first-order valence-electron chi connectivity index (χ1n) is 5.15. The molecule has 1 atom stereocenters. The third-order valence-corrected chi connectivity index (χ3v) is 3.21. The average Bonchev–Trinajstić information content (AvgIpc) is 2.08. The first kappa shape index (κ1) is 11.2. The number of nitrogens with zero attached hydrogens (tertiary/aromatic N) is 1. The van der Waals surface area contributed by atoms with Crippen molar-refractivity contribution in [2.24, 2.45) is 5.41 Å². The van der Waals surface area contributed by atoms with E-state index < -0.39 is 6.04 Å². The lowest BCUT2D eigenvalue weighted by Gasteiger charge is -2.32. The van der Waals surface area contributed by atoms with E-state index in [4.69, 9.17) is 0 Å². The van der Waals surface area contributed by atoms with Crippen molar-refractivity contribution in [3.8, 4) is 0 Å². The molecule has 14 heavy (non-hydrogen) atoms. The van der Waals surface area contributed by atoms with E-state index in [1.807, 2.05) is 6.92 Å². The van der Waals surface area contributed by atoms with Gasteiger partial charge in [0, 0.05) is 17.4 Å². The van der Waals surface area contributed by atoms with Gasteiger partial charge in [-0.1, -0.05) is 19.4 Å². The Kier molecular flexibility index (Phi) is 2.98. The highest BCUT2D eigenvalue weighted by atomic mass is 16.6.